The third-order valence-corrected chi connectivity index (χ3v) is 24.1. The highest BCUT2D eigenvalue weighted by molar-refractivity contribution is 7.89. The molecule has 52 heteroatoms. The van der Waals surface area contributed by atoms with E-state index in [1.54, 1.807) is 78.9 Å². The third-order valence-electron chi connectivity index (χ3n) is 19.1. The number of benzene rings is 5. The number of hydrogen-bond donors (Lipinski definition) is 18. The van der Waals surface area contributed by atoms with E-state index >= 15 is 0 Å². The normalized spacial score (nSPS) is 15.4. The van der Waals surface area contributed by atoms with Crippen LogP contribution in [0.4, 0.5) is 93.6 Å². The second kappa shape index (κ2) is 39.9. The maximum absolute atomic E-state index is 11.7. The summed E-state index contributed by atoms with van der Waals surface area (Å²) in [7, 11) is -13.2. The zero-order chi connectivity index (χ0) is 88.6. The van der Waals surface area contributed by atoms with E-state index in [0.717, 1.165) is 69.4 Å². The molecule has 656 valence electrons. The van der Waals surface area contributed by atoms with Gasteiger partial charge in [-0.05, 0) is 161 Å². The lowest BCUT2D eigenvalue weighted by atomic mass is 9.92. The number of nitrogens with one attached hydrogen (secondary N) is 10. The Morgan fingerprint density at radius 2 is 0.800 bits per heavy atom. The molecule has 0 spiro atoms. The number of primary sulfonamides is 3. The Kier molecular flexibility index (Phi) is 28.6. The molecule has 1 saturated heterocycles. The molecule has 3 unspecified atom stereocenters. The number of sulfonamides is 4. The summed E-state index contributed by atoms with van der Waals surface area (Å²) in [4.78, 5) is 50.7. The van der Waals surface area contributed by atoms with E-state index < -0.39 is 40.1 Å². The van der Waals surface area contributed by atoms with E-state index in [1.165, 1.54) is 119 Å². The van der Waals surface area contributed by atoms with Gasteiger partial charge in [-0.3, -0.25) is 0 Å². The van der Waals surface area contributed by atoms with Gasteiger partial charge in [0.1, 0.15) is 48.6 Å². The minimum atomic E-state index is -3.78. The maximum Gasteiger partial charge on any atom is 0.248 e. The van der Waals surface area contributed by atoms with Gasteiger partial charge in [0.05, 0.1) is 30.5 Å². The fraction of sp³-hybridized carbons (Fsp3) is 0.260. The van der Waals surface area contributed by atoms with Crippen LogP contribution in [0, 0.1) is 0 Å². The molecule has 1 aliphatic heterocycles. The van der Waals surface area contributed by atoms with Gasteiger partial charge in [0, 0.05) is 84.3 Å². The van der Waals surface area contributed by atoms with Crippen molar-refractivity contribution in [2.45, 2.75) is 115 Å². The van der Waals surface area contributed by atoms with Crippen molar-refractivity contribution in [1.29, 1.82) is 0 Å². The Labute approximate surface area is 726 Å². The van der Waals surface area contributed by atoms with Crippen LogP contribution in [-0.4, -0.2) is 177 Å². The molecule has 8 aromatic heterocycles. The SMILES string of the molecule is CNS(=O)(=O)Cc1ccc(Nc2nc(N)n(-c3cc(NC4CCNC4)ncn3)n2)cc1.Nc1nc(Nc2ccc(S(N)(=O)=O)cc2)nn1-c1cc(NC2CCCC(N)C2)ncn1.Nc1nc(Nc2ccc(S(N)(=O)=O)cc2)nn1-c1cc(NC2CCCCC2)ncn1.Nc1nc(Nc2ccc(S(N)(=O)=O)cc2)nn1-c1cc(NCc2cccc(Cl)c2Cl)ncn1. The first-order valence-corrected chi connectivity index (χ1v) is 45.4. The number of nitrogens with two attached hydrogens (primary N) is 8. The monoisotopic (exact) mass is 1820 g/mol. The highest BCUT2D eigenvalue weighted by atomic mass is 35.5. The van der Waals surface area contributed by atoms with Gasteiger partial charge < -0.3 is 76.5 Å². The number of rotatable bonds is 27. The molecule has 0 bridgehead atoms. The number of hydrogen-bond acceptors (Lipinski definition) is 38. The smallest absolute Gasteiger partial charge is 0.248 e. The van der Waals surface area contributed by atoms with Crippen molar-refractivity contribution < 1.29 is 33.7 Å². The largest absolute Gasteiger partial charge is 0.368 e. The molecule has 3 aliphatic rings. The summed E-state index contributed by atoms with van der Waals surface area (Å²) in [6, 6.07) is 38.0. The fourth-order valence-electron chi connectivity index (χ4n) is 12.9. The summed E-state index contributed by atoms with van der Waals surface area (Å²) in [5.41, 5.74) is 34.0. The van der Waals surface area contributed by atoms with Crippen LogP contribution in [0.1, 0.15) is 75.3 Å². The zero-order valence-corrected chi connectivity index (χ0v) is 71.3. The molecule has 46 nitrogen and oxygen atoms in total. The molecule has 3 fully saturated rings. The van der Waals surface area contributed by atoms with Crippen LogP contribution in [0.25, 0.3) is 23.3 Å². The van der Waals surface area contributed by atoms with Gasteiger partial charge in [0.2, 0.25) is 87.7 Å². The van der Waals surface area contributed by atoms with Gasteiger partial charge in [-0.25, -0.2) is 93.7 Å². The van der Waals surface area contributed by atoms with Crippen LogP contribution in [0.15, 0.2) is 180 Å². The van der Waals surface area contributed by atoms with Crippen molar-refractivity contribution in [2.24, 2.45) is 21.2 Å². The topological polar surface area (TPSA) is 691 Å². The molecular weight excluding hydrogens is 1740 g/mol. The molecule has 0 amide bonds. The lowest BCUT2D eigenvalue weighted by Gasteiger charge is -2.27. The summed E-state index contributed by atoms with van der Waals surface area (Å²) in [5.74, 6) is 5.81. The van der Waals surface area contributed by atoms with Crippen molar-refractivity contribution in [3.63, 3.8) is 0 Å². The highest BCUT2D eigenvalue weighted by Gasteiger charge is 2.24. The van der Waals surface area contributed by atoms with E-state index in [0.29, 0.717) is 104 Å². The zero-order valence-electron chi connectivity index (χ0n) is 66.5. The average molecular weight is 1820 g/mol. The summed E-state index contributed by atoms with van der Waals surface area (Å²) in [6.45, 7) is 2.26. The van der Waals surface area contributed by atoms with Gasteiger partial charge >= 0.3 is 0 Å². The quantitative estimate of drug-likeness (QED) is 0.0296. The first kappa shape index (κ1) is 89.5. The summed E-state index contributed by atoms with van der Waals surface area (Å²) < 4.78 is 99.4. The first-order valence-electron chi connectivity index (χ1n) is 38.4. The van der Waals surface area contributed by atoms with Gasteiger partial charge in [-0.1, -0.05) is 66.7 Å². The number of anilines is 16. The van der Waals surface area contributed by atoms with Crippen molar-refractivity contribution in [1.82, 2.24) is 109 Å². The molecule has 3 atom stereocenters. The van der Waals surface area contributed by atoms with Crippen molar-refractivity contribution in [2.75, 3.05) is 85.6 Å². The minimum Gasteiger partial charge on any atom is -0.368 e. The van der Waals surface area contributed by atoms with Crippen LogP contribution in [0.3, 0.4) is 0 Å². The predicted octanol–water partition coefficient (Wildman–Crippen LogP) is 5.64. The van der Waals surface area contributed by atoms with E-state index in [1.807, 2.05) is 12.1 Å². The van der Waals surface area contributed by atoms with E-state index in [4.69, 9.17) is 67.3 Å². The Balaban J connectivity index is 0.000000143. The number of nitrogens with zero attached hydrogens (tertiary/aromatic N) is 20. The second-order valence-electron chi connectivity index (χ2n) is 28.4. The molecule has 125 heavy (non-hydrogen) atoms. The second-order valence-corrected chi connectivity index (χ2v) is 35.8. The molecule has 26 N–H and O–H groups in total. The van der Waals surface area contributed by atoms with Crippen LogP contribution < -0.4 is 96.7 Å². The summed E-state index contributed by atoms with van der Waals surface area (Å²) in [6.07, 6.45) is 16.8. The average Bonchev–Trinajstić information content (AvgIpc) is 1.69. The predicted molar refractivity (Wildman–Crippen MR) is 473 cm³/mol. The first-order chi connectivity index (χ1) is 59.8. The third kappa shape index (κ3) is 25.0. The molecule has 16 rings (SSSR count). The van der Waals surface area contributed by atoms with Gasteiger partial charge in [-0.2, -0.15) is 38.7 Å². The van der Waals surface area contributed by atoms with Crippen molar-refractivity contribution in [3.8, 4) is 23.3 Å². The Hall–Kier alpha value is -13.3. The molecular formula is C73H88Cl2N38O8S4. The van der Waals surface area contributed by atoms with Gasteiger partial charge in [0.15, 0.2) is 23.3 Å². The lowest BCUT2D eigenvalue weighted by molar-refractivity contribution is 0.409. The van der Waals surface area contributed by atoms with Crippen molar-refractivity contribution in [3.05, 3.63) is 186 Å². The summed E-state index contributed by atoms with van der Waals surface area (Å²) >= 11 is 12.3. The van der Waals surface area contributed by atoms with Crippen LogP contribution in [0.2, 0.25) is 10.0 Å². The Bertz CT molecular complexity index is 6370. The fourth-order valence-corrected chi connectivity index (χ4v) is 15.6. The number of halogens is 2. The molecule has 2 saturated carbocycles. The molecule has 9 heterocycles. The molecule has 5 aromatic carbocycles. The molecule has 13 aromatic rings. The van der Waals surface area contributed by atoms with Crippen LogP contribution in [-0.2, 0) is 52.4 Å². The summed E-state index contributed by atoms with van der Waals surface area (Å²) in [5, 5.41) is 62.2. The van der Waals surface area contributed by atoms with Crippen LogP contribution in [0.5, 0.6) is 0 Å². The lowest BCUT2D eigenvalue weighted by Crippen LogP contribution is -2.35. The van der Waals surface area contributed by atoms with E-state index in [9.17, 15) is 33.7 Å². The Morgan fingerprint density at radius 1 is 0.432 bits per heavy atom. The van der Waals surface area contributed by atoms with E-state index in [2.05, 4.69) is 133 Å². The standard InChI is InChI=1S/C19H17Cl2N9O2S.2C18H24N10O2S.C18H23N9O2S/c20-14-3-1-2-11(17(14)21)9-24-15-8-16(26-10-25-15)30-18(22)28-19(29-30)27-12-4-6-13(7-5-12)33(23,31)32;1-20-31(29,30)10-12-2-4-13(5-3-12)25-18-26-17(19)28(27-18)16-8-15(22-11-23-16)24-14-6-7-21-9-14;19-11-2-1-3-13(8-11)24-15-9-16(23-10-22-15)28-17(20)26-18(27-28)25-12-4-6-14(7-5-12)31(21,29)30;19-17-25-18(24-13-6-8-14(9-7-13)30(20,28)29)26-27(17)16-10-15(21-11-22-16)23-12-4-2-1-3-5-12/h1-8,10H,9H2,(H2,23,31,32)(H,24,25,26)(H3,22,27,28,29);2-5,8,11,14,20-21H,6-7,9-10H2,1H3,(H,22,23,24)(H3,19,25,26,27);4-7,9-11,13H,1-3,8,19H2,(H2,21,29,30)(H,22,23,24)(H3,20,25,26,27);6-12H,1-5H2,(H2,20,28,29)(H,21,22,23)(H3,19,24,25,26). The minimum absolute atomic E-state index is 0.00821. The van der Waals surface area contributed by atoms with Crippen LogP contribution >= 0.6 is 23.2 Å². The number of nitrogen functional groups attached to an aromatic ring is 4. The van der Waals surface area contributed by atoms with Crippen molar-refractivity contribution >= 4 is 157 Å². The van der Waals surface area contributed by atoms with Gasteiger partial charge in [0.25, 0.3) is 0 Å². The molecule has 2 aliphatic carbocycles. The maximum atomic E-state index is 11.7. The van der Waals surface area contributed by atoms with E-state index in [-0.39, 0.29) is 74.2 Å². The Morgan fingerprint density at radius 3 is 1.18 bits per heavy atom. The molecule has 0 radical (unpaired) electrons. The highest BCUT2D eigenvalue weighted by Crippen LogP contribution is 2.30. The van der Waals surface area contributed by atoms with Gasteiger partial charge in [-0.15, -0.1) is 20.4 Å². The number of aromatic nitrogens is 20.